The van der Waals surface area contributed by atoms with Crippen molar-refractivity contribution in [3.05, 3.63) is 33.0 Å². The molecule has 1 unspecified atom stereocenters. The van der Waals surface area contributed by atoms with Crippen LogP contribution in [0, 0.1) is 19.8 Å². The number of anilines is 1. The molecule has 2 amide bonds. The number of carbonyl (C=O) groups is 2. The van der Waals surface area contributed by atoms with Gasteiger partial charge in [0, 0.05) is 4.88 Å². The van der Waals surface area contributed by atoms with E-state index in [1.54, 1.807) is 13.8 Å². The Balaban J connectivity index is 1.97. The number of rotatable bonds is 3. The second kappa shape index (κ2) is 5.81. The van der Waals surface area contributed by atoms with Crippen molar-refractivity contribution >= 4 is 28.2 Å². The number of amides is 2. The summed E-state index contributed by atoms with van der Waals surface area (Å²) in [6, 6.07) is 0. The summed E-state index contributed by atoms with van der Waals surface area (Å²) in [4.78, 5) is 25.5. The summed E-state index contributed by atoms with van der Waals surface area (Å²) in [7, 11) is 0. The van der Waals surface area contributed by atoms with Crippen molar-refractivity contribution in [2.45, 2.75) is 40.0 Å². The monoisotopic (exact) mass is 333 g/mol. The predicted octanol–water partition coefficient (Wildman–Crippen LogP) is 2.83. The fraction of sp³-hybridized carbons (Fsp3) is 0.438. The molecule has 1 aliphatic carbocycles. The van der Waals surface area contributed by atoms with Crippen molar-refractivity contribution < 1.29 is 14.1 Å². The van der Waals surface area contributed by atoms with Crippen LogP contribution in [0.2, 0.25) is 0 Å². The standard InChI is InChI=1S/C16H19N3O3S/c1-7-4-5-10-11(6-7)23-16(13(10)14(17)20)18-15(21)12-8(2)19-22-9(12)3/h7H,4-6H2,1-3H3,(H2,17,20)(H,18,21). The smallest absolute Gasteiger partial charge is 0.261 e. The molecule has 7 heteroatoms. The fourth-order valence-corrected chi connectivity index (χ4v) is 4.48. The van der Waals surface area contributed by atoms with Crippen LogP contribution in [0.4, 0.5) is 5.00 Å². The average molecular weight is 333 g/mol. The SMILES string of the molecule is Cc1noc(C)c1C(=O)Nc1sc2c(c1C(N)=O)CCC(C)C2. The predicted molar refractivity (Wildman–Crippen MR) is 88.0 cm³/mol. The molecule has 23 heavy (non-hydrogen) atoms. The summed E-state index contributed by atoms with van der Waals surface area (Å²) < 4.78 is 5.03. The van der Waals surface area contributed by atoms with E-state index in [2.05, 4.69) is 17.4 Å². The zero-order valence-electron chi connectivity index (χ0n) is 13.4. The Hall–Kier alpha value is -2.15. The molecule has 122 valence electrons. The summed E-state index contributed by atoms with van der Waals surface area (Å²) in [5.41, 5.74) is 7.93. The largest absolute Gasteiger partial charge is 0.365 e. The van der Waals surface area contributed by atoms with Gasteiger partial charge in [0.2, 0.25) is 0 Å². The van der Waals surface area contributed by atoms with Crippen molar-refractivity contribution in [1.29, 1.82) is 0 Å². The van der Waals surface area contributed by atoms with Crippen LogP contribution in [0.15, 0.2) is 4.52 Å². The fourth-order valence-electron chi connectivity index (χ4n) is 3.07. The highest BCUT2D eigenvalue weighted by atomic mass is 32.1. The molecule has 0 aliphatic heterocycles. The van der Waals surface area contributed by atoms with Gasteiger partial charge in [-0.3, -0.25) is 9.59 Å². The number of nitrogens with two attached hydrogens (primary N) is 1. The Morgan fingerprint density at radius 2 is 2.09 bits per heavy atom. The van der Waals surface area contributed by atoms with Crippen LogP contribution in [0.25, 0.3) is 0 Å². The minimum absolute atomic E-state index is 0.324. The number of aromatic nitrogens is 1. The van der Waals surface area contributed by atoms with E-state index in [4.69, 9.17) is 10.3 Å². The zero-order chi connectivity index (χ0) is 16.7. The highest BCUT2D eigenvalue weighted by Gasteiger charge is 2.28. The van der Waals surface area contributed by atoms with Crippen molar-refractivity contribution in [1.82, 2.24) is 5.16 Å². The van der Waals surface area contributed by atoms with Crippen LogP contribution in [0.5, 0.6) is 0 Å². The lowest BCUT2D eigenvalue weighted by molar-refractivity contribution is 0.1000. The molecule has 0 saturated heterocycles. The second-order valence-electron chi connectivity index (χ2n) is 6.07. The maximum absolute atomic E-state index is 12.5. The summed E-state index contributed by atoms with van der Waals surface area (Å²) in [5, 5.41) is 7.14. The molecule has 0 bridgehead atoms. The number of nitrogens with one attached hydrogen (secondary N) is 1. The first kappa shape index (κ1) is 15.7. The molecule has 2 aromatic heterocycles. The van der Waals surface area contributed by atoms with Crippen LogP contribution >= 0.6 is 11.3 Å². The molecule has 3 N–H and O–H groups in total. The third-order valence-electron chi connectivity index (χ3n) is 4.25. The highest BCUT2D eigenvalue weighted by molar-refractivity contribution is 7.17. The van der Waals surface area contributed by atoms with E-state index in [-0.39, 0.29) is 5.91 Å². The maximum Gasteiger partial charge on any atom is 0.261 e. The van der Waals surface area contributed by atoms with Gasteiger partial charge in [-0.2, -0.15) is 0 Å². The van der Waals surface area contributed by atoms with Gasteiger partial charge in [-0.05, 0) is 44.6 Å². The summed E-state index contributed by atoms with van der Waals surface area (Å²) in [6.45, 7) is 5.58. The molecule has 6 nitrogen and oxygen atoms in total. The lowest BCUT2D eigenvalue weighted by Crippen LogP contribution is -2.19. The van der Waals surface area contributed by atoms with E-state index >= 15 is 0 Å². The van der Waals surface area contributed by atoms with E-state index in [0.29, 0.717) is 33.5 Å². The number of hydrogen-bond donors (Lipinski definition) is 2. The average Bonchev–Trinajstić information content (AvgIpc) is 2.98. The normalized spacial score (nSPS) is 16.9. The van der Waals surface area contributed by atoms with Crippen LogP contribution in [0.1, 0.15) is 56.0 Å². The molecule has 0 saturated carbocycles. The molecular weight excluding hydrogens is 314 g/mol. The van der Waals surface area contributed by atoms with Gasteiger partial charge in [-0.25, -0.2) is 0 Å². The van der Waals surface area contributed by atoms with Gasteiger partial charge in [0.1, 0.15) is 16.3 Å². The lowest BCUT2D eigenvalue weighted by atomic mass is 9.88. The number of nitrogens with zero attached hydrogens (tertiary/aromatic N) is 1. The summed E-state index contributed by atoms with van der Waals surface area (Å²) in [6.07, 6.45) is 2.77. The van der Waals surface area contributed by atoms with Crippen molar-refractivity contribution in [2.75, 3.05) is 5.32 Å². The molecule has 2 aromatic rings. The number of primary amides is 1. The Morgan fingerprint density at radius 1 is 1.35 bits per heavy atom. The number of carbonyl (C=O) groups excluding carboxylic acids is 2. The third kappa shape index (κ3) is 2.76. The zero-order valence-corrected chi connectivity index (χ0v) is 14.2. The molecule has 0 radical (unpaired) electrons. The molecular formula is C16H19N3O3S. The Bertz CT molecular complexity index is 771. The minimum Gasteiger partial charge on any atom is -0.365 e. The van der Waals surface area contributed by atoms with Crippen LogP contribution in [-0.4, -0.2) is 17.0 Å². The number of fused-ring (bicyclic) bond motifs is 1. The molecule has 0 aromatic carbocycles. The number of hydrogen-bond acceptors (Lipinski definition) is 5. The van der Waals surface area contributed by atoms with Crippen LogP contribution < -0.4 is 11.1 Å². The molecule has 2 heterocycles. The van der Waals surface area contributed by atoms with Crippen molar-refractivity contribution in [3.8, 4) is 0 Å². The first-order chi connectivity index (χ1) is 10.9. The summed E-state index contributed by atoms with van der Waals surface area (Å²) in [5.74, 6) is 0.213. The molecule has 1 atom stereocenters. The third-order valence-corrected chi connectivity index (χ3v) is 5.42. The quantitative estimate of drug-likeness (QED) is 0.902. The van der Waals surface area contributed by atoms with Gasteiger partial charge in [-0.15, -0.1) is 11.3 Å². The van der Waals surface area contributed by atoms with Crippen molar-refractivity contribution in [2.24, 2.45) is 11.7 Å². The van der Waals surface area contributed by atoms with Gasteiger partial charge in [0.25, 0.3) is 11.8 Å². The van der Waals surface area contributed by atoms with Crippen LogP contribution in [-0.2, 0) is 12.8 Å². The molecule has 3 rings (SSSR count). The second-order valence-corrected chi connectivity index (χ2v) is 7.18. The number of thiophene rings is 1. The first-order valence-corrected chi connectivity index (χ1v) is 8.38. The minimum atomic E-state index is -0.494. The Labute approximate surface area is 138 Å². The van der Waals surface area contributed by atoms with E-state index in [9.17, 15) is 9.59 Å². The van der Waals surface area contributed by atoms with Gasteiger partial charge in [0.05, 0.1) is 11.3 Å². The first-order valence-electron chi connectivity index (χ1n) is 7.57. The van der Waals surface area contributed by atoms with Gasteiger partial charge in [-0.1, -0.05) is 12.1 Å². The van der Waals surface area contributed by atoms with Crippen LogP contribution in [0.3, 0.4) is 0 Å². The van der Waals surface area contributed by atoms with E-state index in [0.717, 1.165) is 29.7 Å². The highest BCUT2D eigenvalue weighted by Crippen LogP contribution is 2.39. The van der Waals surface area contributed by atoms with E-state index in [1.807, 2.05) is 0 Å². The Morgan fingerprint density at radius 3 is 2.70 bits per heavy atom. The van der Waals surface area contributed by atoms with Gasteiger partial charge in [0.15, 0.2) is 0 Å². The topological polar surface area (TPSA) is 98.2 Å². The lowest BCUT2D eigenvalue weighted by Gasteiger charge is -2.18. The Kier molecular flexibility index (Phi) is 3.97. The van der Waals surface area contributed by atoms with E-state index in [1.165, 1.54) is 11.3 Å². The number of aryl methyl sites for hydroxylation is 2. The molecule has 0 fully saturated rings. The van der Waals surface area contributed by atoms with E-state index < -0.39 is 5.91 Å². The maximum atomic E-state index is 12.5. The molecule has 0 spiro atoms. The van der Waals surface area contributed by atoms with Crippen molar-refractivity contribution in [3.63, 3.8) is 0 Å². The molecule has 1 aliphatic rings. The van der Waals surface area contributed by atoms with Gasteiger partial charge < -0.3 is 15.6 Å². The summed E-state index contributed by atoms with van der Waals surface area (Å²) >= 11 is 1.45. The van der Waals surface area contributed by atoms with Gasteiger partial charge >= 0.3 is 0 Å².